The quantitative estimate of drug-likeness (QED) is 0.313. The number of hydrogen-bond acceptors (Lipinski definition) is 6. The van der Waals surface area contributed by atoms with E-state index in [0.717, 1.165) is 16.7 Å². The smallest absolute Gasteiger partial charge is 0.196 e. The summed E-state index contributed by atoms with van der Waals surface area (Å²) in [5, 5.41) is 28.6. The molecule has 0 saturated carbocycles. The van der Waals surface area contributed by atoms with Crippen LogP contribution in [0.25, 0.3) is 22.3 Å². The molecule has 4 rings (SSSR count). The first kappa shape index (κ1) is 16.9. The van der Waals surface area contributed by atoms with E-state index < -0.39 is 0 Å². The van der Waals surface area contributed by atoms with E-state index in [1.165, 1.54) is 11.8 Å². The Bertz CT molecular complexity index is 1120. The zero-order valence-electron chi connectivity index (χ0n) is 14.1. The van der Waals surface area contributed by atoms with Crippen molar-refractivity contribution in [3.05, 3.63) is 72.5 Å². The fraction of sp³-hybridized carbons (Fsp3) is 0.0526. The van der Waals surface area contributed by atoms with Gasteiger partial charge in [0.15, 0.2) is 11.0 Å². The number of nitriles is 1. The highest BCUT2D eigenvalue weighted by atomic mass is 32.2. The third-order valence-corrected chi connectivity index (χ3v) is 4.87. The number of benzene rings is 2. The second-order valence-electron chi connectivity index (χ2n) is 5.64. The van der Waals surface area contributed by atoms with Crippen molar-refractivity contribution in [2.75, 3.05) is 5.75 Å². The van der Waals surface area contributed by atoms with Gasteiger partial charge >= 0.3 is 0 Å². The molecule has 0 unspecified atom stereocenters. The van der Waals surface area contributed by atoms with Crippen LogP contribution in [0.2, 0.25) is 0 Å². The Morgan fingerprint density at radius 3 is 2.70 bits per heavy atom. The number of aliphatic hydroxyl groups is 1. The third-order valence-electron chi connectivity index (χ3n) is 3.92. The molecule has 2 N–H and O–H groups in total. The number of aliphatic hydroxyl groups excluding tert-OH is 1. The van der Waals surface area contributed by atoms with E-state index >= 15 is 0 Å². The van der Waals surface area contributed by atoms with Gasteiger partial charge in [-0.25, -0.2) is 4.98 Å². The van der Waals surface area contributed by atoms with Crippen molar-refractivity contribution in [3.8, 4) is 11.8 Å². The van der Waals surface area contributed by atoms with Gasteiger partial charge in [0.25, 0.3) is 0 Å². The molecule has 0 spiro atoms. The van der Waals surface area contributed by atoms with Crippen LogP contribution in [0.3, 0.4) is 0 Å². The van der Waals surface area contributed by atoms with E-state index in [0.29, 0.717) is 11.0 Å². The molecular weight excluding hydrogens is 360 g/mol. The minimum Gasteiger partial charge on any atom is -0.510 e. The molecule has 0 bridgehead atoms. The summed E-state index contributed by atoms with van der Waals surface area (Å²) >= 11 is 1.29. The molecule has 0 aliphatic heterocycles. The fourth-order valence-electron chi connectivity index (χ4n) is 2.62. The first-order valence-electron chi connectivity index (χ1n) is 8.12. The molecular formula is C19H14N6OS. The van der Waals surface area contributed by atoms with Crippen LogP contribution < -0.4 is 0 Å². The average molecular weight is 374 g/mol. The first-order valence-corrected chi connectivity index (χ1v) is 9.10. The van der Waals surface area contributed by atoms with Crippen LogP contribution in [0.15, 0.2) is 71.8 Å². The number of imidazole rings is 1. The molecule has 0 saturated heterocycles. The summed E-state index contributed by atoms with van der Waals surface area (Å²) in [7, 11) is 0. The summed E-state index contributed by atoms with van der Waals surface area (Å²) in [5.74, 6) is 0.455. The number of rotatable bonds is 5. The lowest BCUT2D eigenvalue weighted by atomic mass is 10.2. The Balaban J connectivity index is 1.59. The van der Waals surface area contributed by atoms with E-state index in [1.807, 2.05) is 65.2 Å². The third kappa shape index (κ3) is 3.41. The van der Waals surface area contributed by atoms with Crippen molar-refractivity contribution in [1.29, 1.82) is 5.26 Å². The summed E-state index contributed by atoms with van der Waals surface area (Å²) in [6.45, 7) is 0. The van der Waals surface area contributed by atoms with Gasteiger partial charge in [0.05, 0.1) is 16.8 Å². The Morgan fingerprint density at radius 1 is 1.15 bits per heavy atom. The molecule has 0 radical (unpaired) electrons. The zero-order chi connectivity index (χ0) is 18.6. The van der Waals surface area contributed by atoms with Gasteiger partial charge in [0.2, 0.25) is 0 Å². The van der Waals surface area contributed by atoms with E-state index in [2.05, 4.69) is 20.2 Å². The molecule has 8 heteroatoms. The SMILES string of the molecule is N#C/C(=C(/O)CSc1nncn1-c1ccccc1)c1nc2ccccc2[nH]1. The summed E-state index contributed by atoms with van der Waals surface area (Å²) in [4.78, 5) is 7.44. The summed E-state index contributed by atoms with van der Waals surface area (Å²) < 4.78 is 1.82. The number of nitrogens with one attached hydrogen (secondary N) is 1. The molecule has 0 atom stereocenters. The van der Waals surface area contributed by atoms with Crippen LogP contribution in [0.4, 0.5) is 0 Å². The first-order chi connectivity index (χ1) is 13.3. The van der Waals surface area contributed by atoms with Crippen molar-refractivity contribution in [3.63, 3.8) is 0 Å². The maximum Gasteiger partial charge on any atom is 0.196 e. The summed E-state index contributed by atoms with van der Waals surface area (Å²) in [6.07, 6.45) is 1.61. The lowest BCUT2D eigenvalue weighted by Gasteiger charge is -2.06. The highest BCUT2D eigenvalue weighted by Crippen LogP contribution is 2.25. The molecule has 0 amide bonds. The van der Waals surface area contributed by atoms with Gasteiger partial charge in [-0.2, -0.15) is 5.26 Å². The predicted molar refractivity (Wildman–Crippen MR) is 103 cm³/mol. The maximum atomic E-state index is 10.5. The summed E-state index contributed by atoms with van der Waals surface area (Å²) in [5.41, 5.74) is 2.59. The van der Waals surface area contributed by atoms with E-state index in [1.54, 1.807) is 6.33 Å². The molecule has 0 aliphatic rings. The number of allylic oxidation sites excluding steroid dienone is 1. The lowest BCUT2D eigenvalue weighted by molar-refractivity contribution is 0.420. The largest absolute Gasteiger partial charge is 0.510 e. The predicted octanol–water partition coefficient (Wildman–Crippen LogP) is 3.73. The second-order valence-corrected chi connectivity index (χ2v) is 6.59. The van der Waals surface area contributed by atoms with Crippen molar-refractivity contribution in [2.45, 2.75) is 5.16 Å². The topological polar surface area (TPSA) is 103 Å². The van der Waals surface area contributed by atoms with Crippen molar-refractivity contribution < 1.29 is 5.11 Å². The minimum absolute atomic E-state index is 0.0656. The number of thioether (sulfide) groups is 1. The summed E-state index contributed by atoms with van der Waals surface area (Å²) in [6, 6.07) is 19.2. The number of aromatic nitrogens is 5. The van der Waals surface area contributed by atoms with Crippen molar-refractivity contribution in [1.82, 2.24) is 24.7 Å². The van der Waals surface area contributed by atoms with Crippen molar-refractivity contribution in [2.24, 2.45) is 0 Å². The Kier molecular flexibility index (Phi) is 4.60. The molecule has 2 heterocycles. The van der Waals surface area contributed by atoms with Gasteiger partial charge in [-0.3, -0.25) is 4.57 Å². The minimum atomic E-state index is -0.0656. The fourth-order valence-corrected chi connectivity index (χ4v) is 3.43. The molecule has 7 nitrogen and oxygen atoms in total. The van der Waals surface area contributed by atoms with E-state index in [-0.39, 0.29) is 17.1 Å². The monoisotopic (exact) mass is 374 g/mol. The number of aromatic amines is 1. The second kappa shape index (κ2) is 7.35. The average Bonchev–Trinajstić information content (AvgIpc) is 3.34. The standard InChI is InChI=1S/C19H14N6OS/c20-10-14(18-22-15-8-4-5-9-16(15)23-18)17(26)11-27-19-24-21-12-25(19)13-6-2-1-3-7-13/h1-9,12,26H,11H2,(H,22,23)/b17-14-. The van der Waals surface area contributed by atoms with Gasteiger partial charge in [-0.1, -0.05) is 42.1 Å². The number of hydrogen-bond donors (Lipinski definition) is 2. The molecule has 27 heavy (non-hydrogen) atoms. The molecule has 132 valence electrons. The van der Waals surface area contributed by atoms with Gasteiger partial charge in [0.1, 0.15) is 23.7 Å². The molecule has 2 aromatic carbocycles. The highest BCUT2D eigenvalue weighted by molar-refractivity contribution is 7.99. The van der Waals surface area contributed by atoms with Crippen LogP contribution in [0.1, 0.15) is 5.82 Å². The Morgan fingerprint density at radius 2 is 1.93 bits per heavy atom. The van der Waals surface area contributed by atoms with Crippen LogP contribution >= 0.6 is 11.8 Å². The van der Waals surface area contributed by atoms with Crippen LogP contribution in [-0.4, -0.2) is 35.6 Å². The maximum absolute atomic E-state index is 10.5. The van der Waals surface area contributed by atoms with Crippen LogP contribution in [0.5, 0.6) is 0 Å². The molecule has 0 fully saturated rings. The lowest BCUT2D eigenvalue weighted by Crippen LogP contribution is -1.98. The van der Waals surface area contributed by atoms with Gasteiger partial charge < -0.3 is 10.1 Å². The van der Waals surface area contributed by atoms with E-state index in [9.17, 15) is 10.4 Å². The number of para-hydroxylation sites is 3. The number of nitrogens with zero attached hydrogens (tertiary/aromatic N) is 5. The Hall–Kier alpha value is -3.57. The normalized spacial score (nSPS) is 12.0. The molecule has 4 aromatic rings. The van der Waals surface area contributed by atoms with Crippen LogP contribution in [0, 0.1) is 11.3 Å². The van der Waals surface area contributed by atoms with Crippen LogP contribution in [-0.2, 0) is 0 Å². The highest BCUT2D eigenvalue weighted by Gasteiger charge is 2.15. The molecule has 2 aromatic heterocycles. The van der Waals surface area contributed by atoms with Gasteiger partial charge in [0, 0.05) is 5.69 Å². The zero-order valence-corrected chi connectivity index (χ0v) is 14.9. The van der Waals surface area contributed by atoms with Gasteiger partial charge in [-0.05, 0) is 24.3 Å². The van der Waals surface area contributed by atoms with Crippen molar-refractivity contribution >= 4 is 28.4 Å². The molecule has 0 aliphatic carbocycles. The number of H-pyrrole nitrogens is 1. The number of fused-ring (bicyclic) bond motifs is 1. The Labute approximate surface area is 159 Å². The van der Waals surface area contributed by atoms with Gasteiger partial charge in [-0.15, -0.1) is 10.2 Å². The van der Waals surface area contributed by atoms with E-state index in [4.69, 9.17) is 0 Å².